The second kappa shape index (κ2) is 14.3. The number of piperidine rings is 1. The minimum atomic E-state index is -3.57. The lowest BCUT2D eigenvalue weighted by atomic mass is 9.66. The van der Waals surface area contributed by atoms with E-state index in [0.29, 0.717) is 27.7 Å². The van der Waals surface area contributed by atoms with Crippen LogP contribution < -0.4 is 5.32 Å². The fourth-order valence-corrected chi connectivity index (χ4v) is 8.01. The van der Waals surface area contributed by atoms with Crippen LogP contribution in [0, 0.1) is 11.3 Å². The highest BCUT2D eigenvalue weighted by Gasteiger charge is 2.53. The summed E-state index contributed by atoms with van der Waals surface area (Å²) in [5.74, 6) is -1.50. The van der Waals surface area contributed by atoms with Gasteiger partial charge in [-0.15, -0.1) is 0 Å². The van der Waals surface area contributed by atoms with Crippen LogP contribution in [0.25, 0.3) is 0 Å². The fourth-order valence-electron chi connectivity index (χ4n) is 6.28. The zero-order valence-electron chi connectivity index (χ0n) is 27.1. The number of hydrogen-bond acceptors (Lipinski definition) is 5. The molecule has 7 nitrogen and oxygen atoms in total. The molecule has 46 heavy (non-hydrogen) atoms. The van der Waals surface area contributed by atoms with Gasteiger partial charge in [0.15, 0.2) is 15.6 Å². The van der Waals surface area contributed by atoms with Crippen molar-refractivity contribution in [3.8, 4) is 0 Å². The Bertz CT molecular complexity index is 1690. The Kier molecular flexibility index (Phi) is 11.1. The average Bonchev–Trinajstić information content (AvgIpc) is 2.98. The third-order valence-electron chi connectivity index (χ3n) is 8.96. The summed E-state index contributed by atoms with van der Waals surface area (Å²) in [5.41, 5.74) is 1.54. The highest BCUT2D eigenvalue weighted by atomic mass is 35.5. The van der Waals surface area contributed by atoms with E-state index in [0.717, 1.165) is 11.1 Å². The Morgan fingerprint density at radius 3 is 2.11 bits per heavy atom. The van der Waals surface area contributed by atoms with Crippen LogP contribution in [0.1, 0.15) is 87.8 Å². The van der Waals surface area contributed by atoms with Crippen LogP contribution in [0.4, 0.5) is 5.69 Å². The predicted octanol–water partition coefficient (Wildman–Crippen LogP) is 8.14. The first-order valence-electron chi connectivity index (χ1n) is 15.5. The molecule has 0 bridgehead atoms. The molecule has 1 aliphatic heterocycles. The van der Waals surface area contributed by atoms with Crippen molar-refractivity contribution < 1.29 is 22.8 Å². The topological polar surface area (TPSA) is 101 Å². The van der Waals surface area contributed by atoms with Crippen molar-refractivity contribution >= 4 is 56.3 Å². The van der Waals surface area contributed by atoms with Crippen LogP contribution in [0.2, 0.25) is 10.0 Å². The van der Waals surface area contributed by atoms with Crippen molar-refractivity contribution in [2.45, 2.75) is 77.6 Å². The molecule has 246 valence electrons. The predicted molar refractivity (Wildman–Crippen MR) is 185 cm³/mol. The molecule has 3 aromatic carbocycles. The number of halogens is 2. The maximum Gasteiger partial charge on any atom is 0.229 e. The van der Waals surface area contributed by atoms with Crippen LogP contribution in [0.5, 0.6) is 0 Å². The van der Waals surface area contributed by atoms with Gasteiger partial charge >= 0.3 is 0 Å². The quantitative estimate of drug-likeness (QED) is 0.206. The van der Waals surface area contributed by atoms with Crippen LogP contribution >= 0.6 is 23.2 Å². The zero-order valence-corrected chi connectivity index (χ0v) is 29.4. The van der Waals surface area contributed by atoms with Gasteiger partial charge in [-0.1, -0.05) is 68.2 Å². The smallest absolute Gasteiger partial charge is 0.229 e. The minimum Gasteiger partial charge on any atom is -0.330 e. The van der Waals surface area contributed by atoms with Crippen molar-refractivity contribution in [3.63, 3.8) is 0 Å². The van der Waals surface area contributed by atoms with Gasteiger partial charge in [0.1, 0.15) is 0 Å². The fraction of sp³-hybridized carbons (Fsp3) is 0.417. The van der Waals surface area contributed by atoms with E-state index in [1.165, 1.54) is 6.92 Å². The maximum absolute atomic E-state index is 14.9. The Balaban J connectivity index is 1.85. The van der Waals surface area contributed by atoms with Gasteiger partial charge in [-0.05, 0) is 92.8 Å². The van der Waals surface area contributed by atoms with Crippen LogP contribution in [0.3, 0.4) is 0 Å². The number of likely N-dealkylation sites (tertiary alicyclic amines) is 1. The number of nitrogens with one attached hydrogen (secondary N) is 1. The highest BCUT2D eigenvalue weighted by molar-refractivity contribution is 7.92. The van der Waals surface area contributed by atoms with Crippen LogP contribution in [0.15, 0.2) is 72.8 Å². The van der Waals surface area contributed by atoms with E-state index in [-0.39, 0.29) is 41.6 Å². The van der Waals surface area contributed by atoms with Crippen molar-refractivity contribution in [1.29, 1.82) is 0 Å². The van der Waals surface area contributed by atoms with Gasteiger partial charge in [0.25, 0.3) is 0 Å². The van der Waals surface area contributed by atoms with Gasteiger partial charge in [0.05, 0.1) is 22.5 Å². The van der Waals surface area contributed by atoms with E-state index in [2.05, 4.69) is 5.32 Å². The average molecular weight is 686 g/mol. The Morgan fingerprint density at radius 1 is 0.935 bits per heavy atom. The number of anilines is 1. The van der Waals surface area contributed by atoms with Gasteiger partial charge in [-0.25, -0.2) is 8.42 Å². The molecule has 2 amide bonds. The van der Waals surface area contributed by atoms with Gasteiger partial charge in [-0.3, -0.25) is 14.4 Å². The standard InChI is InChI=1S/C36H42Cl2N2O5S/c1-22(2)32(21-46(44,45)23(3)4)40-34(26-10-14-28(37)15-11-26)31(27-8-7-9-29(38)18-27)19-36(6,35(40)43)20-33(42)39-30-16-12-25(13-17-30)24(5)41/h7-18,22-23,31-32,34H,19-21H2,1-6H3,(H,39,42)/t31-,32-,34-,36-/m1/s1. The molecule has 0 unspecified atom stereocenters. The number of ketones is 1. The third-order valence-corrected chi connectivity index (χ3v) is 11.7. The van der Waals surface area contributed by atoms with Gasteiger partial charge in [0, 0.05) is 39.7 Å². The summed E-state index contributed by atoms with van der Waals surface area (Å²) >= 11 is 12.8. The van der Waals surface area contributed by atoms with Gasteiger partial charge in [0.2, 0.25) is 11.8 Å². The van der Waals surface area contributed by atoms with Crippen LogP contribution in [-0.4, -0.2) is 48.0 Å². The summed E-state index contributed by atoms with van der Waals surface area (Å²) in [5, 5.41) is 3.33. The van der Waals surface area contributed by atoms with Gasteiger partial charge < -0.3 is 10.2 Å². The molecule has 4 atom stereocenters. The van der Waals surface area contributed by atoms with E-state index in [9.17, 15) is 22.8 Å². The summed E-state index contributed by atoms with van der Waals surface area (Å²) in [6.07, 6.45) is 0.178. The van der Waals surface area contributed by atoms with Crippen molar-refractivity contribution in [2.24, 2.45) is 11.3 Å². The largest absolute Gasteiger partial charge is 0.330 e. The zero-order chi connectivity index (χ0) is 34.0. The molecule has 1 aliphatic rings. The number of benzene rings is 3. The molecule has 3 aromatic rings. The summed E-state index contributed by atoms with van der Waals surface area (Å²) in [6.45, 7) is 10.4. The SMILES string of the molecule is CC(=O)c1ccc(NC(=O)C[C@@]2(C)C[C@H](c3cccc(Cl)c3)[C@@H](c3ccc(Cl)cc3)N([C@H](CS(=O)(=O)C(C)C)C(C)C)C2=O)cc1. The third kappa shape index (κ3) is 8.01. The summed E-state index contributed by atoms with van der Waals surface area (Å²) < 4.78 is 26.9. The molecule has 0 saturated carbocycles. The van der Waals surface area contributed by atoms with E-state index in [1.807, 2.05) is 44.2 Å². The molecule has 10 heteroatoms. The Morgan fingerprint density at radius 2 is 1.57 bits per heavy atom. The molecular weight excluding hydrogens is 643 g/mol. The van der Waals surface area contributed by atoms with E-state index < -0.39 is 32.6 Å². The molecular formula is C36H42Cl2N2O5S. The normalized spacial score (nSPS) is 21.0. The van der Waals surface area contributed by atoms with E-state index in [4.69, 9.17) is 23.2 Å². The number of carbonyl (C=O) groups is 3. The lowest BCUT2D eigenvalue weighted by Gasteiger charge is -2.53. The number of sulfone groups is 1. The lowest BCUT2D eigenvalue weighted by molar-refractivity contribution is -0.157. The number of hydrogen-bond donors (Lipinski definition) is 1. The molecule has 0 spiro atoms. The molecule has 0 radical (unpaired) electrons. The Hall–Kier alpha value is -3.20. The van der Waals surface area contributed by atoms with Crippen LogP contribution in [-0.2, 0) is 19.4 Å². The number of rotatable bonds is 11. The summed E-state index contributed by atoms with van der Waals surface area (Å²) in [7, 11) is -3.57. The van der Waals surface area contributed by atoms with Crippen molar-refractivity contribution in [1.82, 2.24) is 4.90 Å². The molecule has 0 aromatic heterocycles. The number of Topliss-reactive ketones (excluding diaryl/α,β-unsaturated/α-hetero) is 1. The summed E-state index contributed by atoms with van der Waals surface area (Å²) in [6, 6.07) is 20.1. The summed E-state index contributed by atoms with van der Waals surface area (Å²) in [4.78, 5) is 41.9. The molecule has 0 aliphatic carbocycles. The number of nitrogens with zero attached hydrogens (tertiary/aromatic N) is 1. The monoisotopic (exact) mass is 684 g/mol. The first-order valence-corrected chi connectivity index (χ1v) is 18.0. The van der Waals surface area contributed by atoms with Crippen molar-refractivity contribution in [3.05, 3.63) is 99.5 Å². The second-order valence-electron chi connectivity index (χ2n) is 13.2. The Labute approximate surface area is 282 Å². The number of carbonyl (C=O) groups excluding carboxylic acids is 3. The first-order chi connectivity index (χ1) is 21.5. The maximum atomic E-state index is 14.9. The van der Waals surface area contributed by atoms with E-state index >= 15 is 0 Å². The van der Waals surface area contributed by atoms with E-state index in [1.54, 1.807) is 68.1 Å². The molecule has 4 rings (SSSR count). The lowest BCUT2D eigenvalue weighted by Crippen LogP contribution is -2.59. The van der Waals surface area contributed by atoms with Gasteiger partial charge in [-0.2, -0.15) is 0 Å². The number of amides is 2. The molecule has 1 N–H and O–H groups in total. The molecule has 1 saturated heterocycles. The minimum absolute atomic E-state index is 0.0835. The highest BCUT2D eigenvalue weighted by Crippen LogP contribution is 2.52. The molecule has 1 fully saturated rings. The van der Waals surface area contributed by atoms with Crippen molar-refractivity contribution in [2.75, 3.05) is 11.1 Å². The first kappa shape index (κ1) is 35.7. The second-order valence-corrected chi connectivity index (χ2v) is 16.7. The molecule has 1 heterocycles.